The van der Waals surface area contributed by atoms with E-state index in [4.69, 9.17) is 0 Å². The Morgan fingerprint density at radius 1 is 1.10 bits per heavy atom. The fourth-order valence-corrected chi connectivity index (χ4v) is 2.69. The lowest BCUT2D eigenvalue weighted by atomic mass is 10.3. The van der Waals surface area contributed by atoms with E-state index in [1.807, 2.05) is 0 Å². The molecule has 21 heavy (non-hydrogen) atoms. The molecule has 0 unspecified atom stereocenters. The molecule has 0 amide bonds. The van der Waals surface area contributed by atoms with Gasteiger partial charge in [-0.3, -0.25) is 4.72 Å². The number of nitrogens with one attached hydrogen (secondary N) is 1. The fourth-order valence-electron chi connectivity index (χ4n) is 1.61. The number of rotatable bonds is 4. The molecular weight excluding hydrogens is 300 g/mol. The van der Waals surface area contributed by atoms with Crippen molar-refractivity contribution in [3.63, 3.8) is 0 Å². The first-order valence-electron chi connectivity index (χ1n) is 5.90. The third-order valence-electron chi connectivity index (χ3n) is 2.60. The van der Waals surface area contributed by atoms with E-state index in [1.54, 1.807) is 25.1 Å². The highest BCUT2D eigenvalue weighted by Crippen LogP contribution is 2.19. The van der Waals surface area contributed by atoms with E-state index in [-0.39, 0.29) is 5.69 Å². The van der Waals surface area contributed by atoms with E-state index in [0.29, 0.717) is 11.9 Å². The number of nitrogens with zero attached hydrogens (tertiary/aromatic N) is 2. The Labute approximate surface area is 121 Å². The zero-order chi connectivity index (χ0) is 15.6. The molecule has 2 rings (SSSR count). The van der Waals surface area contributed by atoms with Gasteiger partial charge in [0.1, 0.15) is 17.5 Å². The quantitative estimate of drug-likeness (QED) is 0.940. The summed E-state index contributed by atoms with van der Waals surface area (Å²) in [7, 11) is -0.488. The number of pyridine rings is 1. The minimum atomic E-state index is -4.08. The van der Waals surface area contributed by atoms with Crippen molar-refractivity contribution in [1.29, 1.82) is 0 Å². The third-order valence-corrected chi connectivity index (χ3v) is 3.97. The van der Waals surface area contributed by atoms with Gasteiger partial charge in [-0.2, -0.15) is 0 Å². The van der Waals surface area contributed by atoms with Gasteiger partial charge in [-0.1, -0.05) is 0 Å². The number of aromatic nitrogens is 1. The number of halogens is 2. The summed E-state index contributed by atoms with van der Waals surface area (Å²) in [5, 5.41) is 0. The molecule has 1 aromatic heterocycles. The van der Waals surface area contributed by atoms with Crippen molar-refractivity contribution in [2.24, 2.45) is 0 Å². The molecule has 112 valence electrons. The standard InChI is InChI=1S/C13H13F2N3O2S/c1-18(2)13-4-3-11(8-16-13)17-21(19,20)12-6-9(14)5-10(15)7-12/h3-8,17H,1-2H3. The van der Waals surface area contributed by atoms with Crippen LogP contribution in [0, 0.1) is 11.6 Å². The Hall–Kier alpha value is -2.22. The van der Waals surface area contributed by atoms with Gasteiger partial charge >= 0.3 is 0 Å². The minimum absolute atomic E-state index is 0.199. The van der Waals surface area contributed by atoms with Crippen LogP contribution in [0.25, 0.3) is 0 Å². The van der Waals surface area contributed by atoms with E-state index < -0.39 is 26.6 Å². The van der Waals surface area contributed by atoms with Crippen molar-refractivity contribution >= 4 is 21.5 Å². The Bertz CT molecular complexity index is 726. The van der Waals surface area contributed by atoms with Gasteiger partial charge in [-0.25, -0.2) is 22.2 Å². The van der Waals surface area contributed by atoms with Crippen LogP contribution in [0.3, 0.4) is 0 Å². The van der Waals surface area contributed by atoms with Gasteiger partial charge in [-0.15, -0.1) is 0 Å². The van der Waals surface area contributed by atoms with Gasteiger partial charge in [-0.05, 0) is 24.3 Å². The summed E-state index contributed by atoms with van der Waals surface area (Å²) in [6, 6.07) is 5.21. The van der Waals surface area contributed by atoms with Crippen LogP contribution >= 0.6 is 0 Å². The first-order valence-corrected chi connectivity index (χ1v) is 7.38. The SMILES string of the molecule is CN(C)c1ccc(NS(=O)(=O)c2cc(F)cc(F)c2)cn1. The highest BCUT2D eigenvalue weighted by molar-refractivity contribution is 7.92. The van der Waals surface area contributed by atoms with Crippen LogP contribution < -0.4 is 9.62 Å². The molecule has 0 aliphatic carbocycles. The van der Waals surface area contributed by atoms with Crippen molar-refractivity contribution in [1.82, 2.24) is 4.98 Å². The topological polar surface area (TPSA) is 62.3 Å². The molecule has 1 N–H and O–H groups in total. The molecule has 0 atom stereocenters. The van der Waals surface area contributed by atoms with Gasteiger partial charge in [0, 0.05) is 20.2 Å². The van der Waals surface area contributed by atoms with Crippen molar-refractivity contribution in [2.75, 3.05) is 23.7 Å². The maximum absolute atomic E-state index is 13.1. The number of sulfonamides is 1. The molecule has 0 fully saturated rings. The molecule has 1 aromatic carbocycles. The molecule has 5 nitrogen and oxygen atoms in total. The predicted molar refractivity (Wildman–Crippen MR) is 75.7 cm³/mol. The molecule has 0 saturated heterocycles. The van der Waals surface area contributed by atoms with E-state index in [1.165, 1.54) is 12.3 Å². The van der Waals surface area contributed by atoms with E-state index in [2.05, 4.69) is 9.71 Å². The second-order valence-corrected chi connectivity index (χ2v) is 6.19. The lowest BCUT2D eigenvalue weighted by Gasteiger charge is -2.12. The molecule has 0 bridgehead atoms. The molecule has 0 aliphatic heterocycles. The highest BCUT2D eigenvalue weighted by Gasteiger charge is 2.17. The van der Waals surface area contributed by atoms with E-state index in [9.17, 15) is 17.2 Å². The Balaban J connectivity index is 2.28. The summed E-state index contributed by atoms with van der Waals surface area (Å²) >= 11 is 0. The molecule has 0 radical (unpaired) electrons. The molecule has 0 spiro atoms. The molecule has 8 heteroatoms. The predicted octanol–water partition coefficient (Wildman–Crippen LogP) is 2.23. The van der Waals surface area contributed by atoms with E-state index >= 15 is 0 Å². The van der Waals surface area contributed by atoms with Crippen molar-refractivity contribution in [3.05, 3.63) is 48.2 Å². The number of hydrogen-bond donors (Lipinski definition) is 1. The average molecular weight is 313 g/mol. The van der Waals surface area contributed by atoms with Crippen LogP contribution in [-0.4, -0.2) is 27.5 Å². The second kappa shape index (κ2) is 5.65. The lowest BCUT2D eigenvalue weighted by Crippen LogP contribution is -2.14. The number of benzene rings is 1. The van der Waals surface area contributed by atoms with Crippen LogP contribution in [0.4, 0.5) is 20.3 Å². The summed E-state index contributed by atoms with van der Waals surface area (Å²) < 4.78 is 52.5. The fraction of sp³-hybridized carbons (Fsp3) is 0.154. The monoisotopic (exact) mass is 313 g/mol. The smallest absolute Gasteiger partial charge is 0.262 e. The van der Waals surface area contributed by atoms with E-state index in [0.717, 1.165) is 12.1 Å². The van der Waals surface area contributed by atoms with Crippen molar-refractivity contribution < 1.29 is 17.2 Å². The van der Waals surface area contributed by atoms with Gasteiger partial charge in [0.2, 0.25) is 0 Å². The first-order chi connectivity index (χ1) is 9.78. The average Bonchev–Trinajstić information content (AvgIpc) is 2.37. The maximum atomic E-state index is 13.1. The highest BCUT2D eigenvalue weighted by atomic mass is 32.2. The van der Waals surface area contributed by atoms with Crippen LogP contribution in [0.15, 0.2) is 41.4 Å². The number of hydrogen-bond acceptors (Lipinski definition) is 4. The molecular formula is C13H13F2N3O2S. The lowest BCUT2D eigenvalue weighted by molar-refractivity contribution is 0.568. The zero-order valence-electron chi connectivity index (χ0n) is 11.3. The summed E-state index contributed by atoms with van der Waals surface area (Å²) in [6.45, 7) is 0. The summed E-state index contributed by atoms with van der Waals surface area (Å²) in [4.78, 5) is 5.30. The van der Waals surface area contributed by atoms with Gasteiger partial charge in [0.05, 0.1) is 16.8 Å². The molecule has 2 aromatic rings. The maximum Gasteiger partial charge on any atom is 0.262 e. The van der Waals surface area contributed by atoms with Crippen LogP contribution in [0.2, 0.25) is 0 Å². The zero-order valence-corrected chi connectivity index (χ0v) is 12.2. The van der Waals surface area contributed by atoms with Crippen LogP contribution in [0.5, 0.6) is 0 Å². The number of anilines is 2. The third kappa shape index (κ3) is 3.66. The van der Waals surface area contributed by atoms with Gasteiger partial charge < -0.3 is 4.90 Å². The first kappa shape index (κ1) is 15.2. The second-order valence-electron chi connectivity index (χ2n) is 4.51. The largest absolute Gasteiger partial charge is 0.363 e. The molecule has 1 heterocycles. The Morgan fingerprint density at radius 2 is 1.71 bits per heavy atom. The Morgan fingerprint density at radius 3 is 2.19 bits per heavy atom. The normalized spacial score (nSPS) is 11.2. The summed E-state index contributed by atoms with van der Waals surface area (Å²) in [6.07, 6.45) is 1.32. The van der Waals surface area contributed by atoms with Crippen LogP contribution in [-0.2, 0) is 10.0 Å². The molecule has 0 saturated carbocycles. The van der Waals surface area contributed by atoms with Crippen LogP contribution in [0.1, 0.15) is 0 Å². The van der Waals surface area contributed by atoms with Gasteiger partial charge in [0.25, 0.3) is 10.0 Å². The van der Waals surface area contributed by atoms with Gasteiger partial charge in [0.15, 0.2) is 0 Å². The summed E-state index contributed by atoms with van der Waals surface area (Å²) in [5.41, 5.74) is 0.199. The Kier molecular flexibility index (Phi) is 4.08. The minimum Gasteiger partial charge on any atom is -0.363 e. The van der Waals surface area contributed by atoms with Crippen molar-refractivity contribution in [2.45, 2.75) is 4.90 Å². The van der Waals surface area contributed by atoms with Crippen molar-refractivity contribution in [3.8, 4) is 0 Å². The summed E-state index contributed by atoms with van der Waals surface area (Å²) in [5.74, 6) is -1.28. The molecule has 0 aliphatic rings.